The lowest BCUT2D eigenvalue weighted by molar-refractivity contribution is 0.297. The standard InChI is InChI=1S/C15H23NO2S/c1-3-16-12(2)7-10-19-13-5-6-14-15(11-13)18-9-4-8-17-14/h5-6,11-12,16H,3-4,7-10H2,1-2H3. The average Bonchev–Trinajstić information content (AvgIpc) is 2.63. The molecule has 3 nitrogen and oxygen atoms in total. The first-order chi connectivity index (χ1) is 9.29. The Morgan fingerprint density at radius 1 is 1.26 bits per heavy atom. The van der Waals surface area contributed by atoms with Crippen molar-refractivity contribution in [1.82, 2.24) is 5.32 Å². The van der Waals surface area contributed by atoms with Gasteiger partial charge in [0.25, 0.3) is 0 Å². The van der Waals surface area contributed by atoms with Gasteiger partial charge < -0.3 is 14.8 Å². The van der Waals surface area contributed by atoms with Gasteiger partial charge >= 0.3 is 0 Å². The van der Waals surface area contributed by atoms with E-state index in [0.29, 0.717) is 6.04 Å². The third-order valence-electron chi connectivity index (χ3n) is 3.09. The van der Waals surface area contributed by atoms with Crippen molar-refractivity contribution in [2.45, 2.75) is 37.6 Å². The van der Waals surface area contributed by atoms with Crippen molar-refractivity contribution in [3.63, 3.8) is 0 Å². The molecule has 0 saturated heterocycles. The molecule has 1 aromatic rings. The number of rotatable bonds is 6. The largest absolute Gasteiger partial charge is 0.490 e. The Kier molecular flexibility index (Phi) is 5.86. The maximum Gasteiger partial charge on any atom is 0.162 e. The highest BCUT2D eigenvalue weighted by Gasteiger charge is 2.10. The molecule has 2 rings (SSSR count). The minimum Gasteiger partial charge on any atom is -0.490 e. The fourth-order valence-corrected chi connectivity index (χ4v) is 3.10. The van der Waals surface area contributed by atoms with Gasteiger partial charge in [-0.2, -0.15) is 0 Å². The number of ether oxygens (including phenoxy) is 2. The van der Waals surface area contributed by atoms with Crippen molar-refractivity contribution < 1.29 is 9.47 Å². The second-order valence-electron chi connectivity index (χ2n) is 4.75. The van der Waals surface area contributed by atoms with Gasteiger partial charge in [-0.15, -0.1) is 11.8 Å². The second-order valence-corrected chi connectivity index (χ2v) is 5.92. The monoisotopic (exact) mass is 281 g/mol. The maximum absolute atomic E-state index is 5.70. The number of thioether (sulfide) groups is 1. The lowest BCUT2D eigenvalue weighted by Crippen LogP contribution is -2.25. The Hall–Kier alpha value is -0.870. The first-order valence-electron chi connectivity index (χ1n) is 7.05. The Balaban J connectivity index is 1.86. The number of hydrogen-bond acceptors (Lipinski definition) is 4. The summed E-state index contributed by atoms with van der Waals surface area (Å²) in [7, 11) is 0. The third kappa shape index (κ3) is 4.62. The van der Waals surface area contributed by atoms with Gasteiger partial charge in [-0.1, -0.05) is 6.92 Å². The molecule has 0 fully saturated rings. The molecule has 19 heavy (non-hydrogen) atoms. The van der Waals surface area contributed by atoms with E-state index < -0.39 is 0 Å². The summed E-state index contributed by atoms with van der Waals surface area (Å²) in [6.07, 6.45) is 2.13. The van der Waals surface area contributed by atoms with E-state index in [1.165, 1.54) is 11.3 Å². The molecule has 1 aromatic carbocycles. The fraction of sp³-hybridized carbons (Fsp3) is 0.600. The smallest absolute Gasteiger partial charge is 0.162 e. The van der Waals surface area contributed by atoms with Gasteiger partial charge in [0.2, 0.25) is 0 Å². The first-order valence-corrected chi connectivity index (χ1v) is 8.04. The number of benzene rings is 1. The predicted molar refractivity (Wildman–Crippen MR) is 80.5 cm³/mol. The van der Waals surface area contributed by atoms with Crippen LogP contribution < -0.4 is 14.8 Å². The van der Waals surface area contributed by atoms with Gasteiger partial charge in [0, 0.05) is 17.4 Å². The molecular weight excluding hydrogens is 258 g/mol. The molecule has 0 aromatic heterocycles. The van der Waals surface area contributed by atoms with E-state index in [-0.39, 0.29) is 0 Å². The average molecular weight is 281 g/mol. The molecule has 0 spiro atoms. The summed E-state index contributed by atoms with van der Waals surface area (Å²) >= 11 is 1.88. The van der Waals surface area contributed by atoms with Crippen LogP contribution in [-0.4, -0.2) is 31.6 Å². The molecule has 4 heteroatoms. The van der Waals surface area contributed by atoms with E-state index in [0.717, 1.165) is 43.4 Å². The molecule has 0 bridgehead atoms. The van der Waals surface area contributed by atoms with Crippen molar-refractivity contribution in [2.75, 3.05) is 25.5 Å². The van der Waals surface area contributed by atoms with Crippen LogP contribution in [0, 0.1) is 0 Å². The molecule has 0 radical (unpaired) electrons. The quantitative estimate of drug-likeness (QED) is 0.810. The summed E-state index contributed by atoms with van der Waals surface area (Å²) < 4.78 is 11.3. The summed E-state index contributed by atoms with van der Waals surface area (Å²) in [5.41, 5.74) is 0. The summed E-state index contributed by atoms with van der Waals surface area (Å²) in [4.78, 5) is 1.26. The number of hydrogen-bond donors (Lipinski definition) is 1. The van der Waals surface area contributed by atoms with Crippen LogP contribution >= 0.6 is 11.8 Å². The van der Waals surface area contributed by atoms with E-state index in [9.17, 15) is 0 Å². The van der Waals surface area contributed by atoms with Crippen LogP contribution in [0.5, 0.6) is 11.5 Å². The molecular formula is C15H23NO2S. The van der Waals surface area contributed by atoms with E-state index in [4.69, 9.17) is 9.47 Å². The van der Waals surface area contributed by atoms with Crippen molar-refractivity contribution in [3.05, 3.63) is 18.2 Å². The van der Waals surface area contributed by atoms with Crippen LogP contribution in [-0.2, 0) is 0 Å². The zero-order valence-corrected chi connectivity index (χ0v) is 12.6. The van der Waals surface area contributed by atoms with Crippen LogP contribution in [0.1, 0.15) is 26.7 Å². The summed E-state index contributed by atoms with van der Waals surface area (Å²) in [6.45, 7) is 6.92. The summed E-state index contributed by atoms with van der Waals surface area (Å²) in [5, 5.41) is 3.43. The molecule has 106 valence electrons. The molecule has 1 aliphatic rings. The highest BCUT2D eigenvalue weighted by atomic mass is 32.2. The molecule has 1 N–H and O–H groups in total. The first kappa shape index (κ1) is 14.5. The van der Waals surface area contributed by atoms with E-state index in [2.05, 4.69) is 31.3 Å². The Bertz CT molecular complexity index is 398. The van der Waals surface area contributed by atoms with Crippen molar-refractivity contribution in [3.8, 4) is 11.5 Å². The van der Waals surface area contributed by atoms with E-state index >= 15 is 0 Å². The normalized spacial score (nSPS) is 15.9. The number of fused-ring (bicyclic) bond motifs is 1. The van der Waals surface area contributed by atoms with Gasteiger partial charge in [0.15, 0.2) is 11.5 Å². The van der Waals surface area contributed by atoms with Crippen LogP contribution in [0.25, 0.3) is 0 Å². The molecule has 1 aliphatic heterocycles. The van der Waals surface area contributed by atoms with Crippen LogP contribution in [0.4, 0.5) is 0 Å². The predicted octanol–water partition coefficient (Wildman–Crippen LogP) is 3.33. The van der Waals surface area contributed by atoms with Crippen molar-refractivity contribution in [2.24, 2.45) is 0 Å². The van der Waals surface area contributed by atoms with Crippen molar-refractivity contribution in [1.29, 1.82) is 0 Å². The molecule has 0 amide bonds. The minimum atomic E-state index is 0.581. The zero-order chi connectivity index (χ0) is 13.5. The lowest BCUT2D eigenvalue weighted by atomic mass is 10.3. The summed E-state index contributed by atoms with van der Waals surface area (Å²) in [5.74, 6) is 2.89. The van der Waals surface area contributed by atoms with Gasteiger partial charge in [0.1, 0.15) is 0 Å². The van der Waals surface area contributed by atoms with Crippen molar-refractivity contribution >= 4 is 11.8 Å². The minimum absolute atomic E-state index is 0.581. The SMILES string of the molecule is CCNC(C)CCSc1ccc2c(c1)OCCCO2. The topological polar surface area (TPSA) is 30.5 Å². The van der Waals surface area contributed by atoms with Gasteiger partial charge in [-0.3, -0.25) is 0 Å². The molecule has 1 atom stereocenters. The lowest BCUT2D eigenvalue weighted by Gasteiger charge is -2.12. The second kappa shape index (κ2) is 7.65. The van der Waals surface area contributed by atoms with Gasteiger partial charge in [0.05, 0.1) is 13.2 Å². The molecule has 0 saturated carbocycles. The van der Waals surface area contributed by atoms with E-state index in [1.54, 1.807) is 0 Å². The Morgan fingerprint density at radius 3 is 2.84 bits per heavy atom. The zero-order valence-electron chi connectivity index (χ0n) is 11.8. The summed E-state index contributed by atoms with van der Waals surface area (Å²) in [6, 6.07) is 6.83. The number of nitrogens with one attached hydrogen (secondary N) is 1. The fourth-order valence-electron chi connectivity index (χ4n) is 2.04. The van der Waals surface area contributed by atoms with Crippen LogP contribution in [0.3, 0.4) is 0 Å². The molecule has 0 aliphatic carbocycles. The van der Waals surface area contributed by atoms with E-state index in [1.807, 2.05) is 17.8 Å². The molecule has 1 heterocycles. The highest BCUT2D eigenvalue weighted by Crippen LogP contribution is 2.34. The van der Waals surface area contributed by atoms with Gasteiger partial charge in [-0.05, 0) is 43.8 Å². The Labute approximate surface area is 120 Å². The highest BCUT2D eigenvalue weighted by molar-refractivity contribution is 7.99. The Morgan fingerprint density at radius 2 is 2.05 bits per heavy atom. The molecule has 1 unspecified atom stereocenters. The van der Waals surface area contributed by atoms with Gasteiger partial charge in [-0.25, -0.2) is 0 Å². The van der Waals surface area contributed by atoms with Crippen LogP contribution in [0.15, 0.2) is 23.1 Å². The maximum atomic E-state index is 5.70. The van der Waals surface area contributed by atoms with Crippen LogP contribution in [0.2, 0.25) is 0 Å². The third-order valence-corrected chi connectivity index (χ3v) is 4.12.